The molecule has 1 fully saturated rings. The van der Waals surface area contributed by atoms with Gasteiger partial charge in [-0.25, -0.2) is 0 Å². The molecule has 1 aromatic heterocycles. The lowest BCUT2D eigenvalue weighted by atomic mass is 10.2. The van der Waals surface area contributed by atoms with Crippen molar-refractivity contribution in [1.29, 1.82) is 0 Å². The van der Waals surface area contributed by atoms with Gasteiger partial charge in [-0.15, -0.1) is 11.3 Å². The highest BCUT2D eigenvalue weighted by Gasteiger charge is 2.34. The average molecular weight is 381 g/mol. The number of halogens is 1. The van der Waals surface area contributed by atoms with E-state index in [1.54, 1.807) is 34.4 Å². The van der Waals surface area contributed by atoms with Crippen LogP contribution in [0.25, 0.3) is 0 Å². The summed E-state index contributed by atoms with van der Waals surface area (Å²) in [7, 11) is 1.52. The van der Waals surface area contributed by atoms with Crippen LogP contribution in [0.15, 0.2) is 35.7 Å². The van der Waals surface area contributed by atoms with E-state index in [1.807, 2.05) is 17.5 Å². The number of benzene rings is 1. The van der Waals surface area contributed by atoms with Crippen LogP contribution in [0.2, 0.25) is 5.02 Å². The summed E-state index contributed by atoms with van der Waals surface area (Å²) in [6, 6.07) is 8.13. The van der Waals surface area contributed by atoms with Crippen LogP contribution in [-0.2, 0) is 20.9 Å². The maximum absolute atomic E-state index is 12.7. The van der Waals surface area contributed by atoms with Gasteiger partial charge in [0.1, 0.15) is 18.4 Å². The summed E-state index contributed by atoms with van der Waals surface area (Å²) < 4.78 is 10.4. The van der Waals surface area contributed by atoms with E-state index in [-0.39, 0.29) is 25.0 Å². The number of methoxy groups -OCH3 is 1. The summed E-state index contributed by atoms with van der Waals surface area (Å²) in [5.74, 6) is 0.00793. The number of ether oxygens (including phenoxy) is 2. The maximum atomic E-state index is 12.7. The molecule has 1 unspecified atom stereocenters. The van der Waals surface area contributed by atoms with E-state index < -0.39 is 6.04 Å². The molecule has 1 aromatic carbocycles. The first-order valence-electron chi connectivity index (χ1n) is 7.62. The van der Waals surface area contributed by atoms with Crippen molar-refractivity contribution in [2.24, 2.45) is 0 Å². The number of thiophene rings is 1. The molecule has 1 saturated heterocycles. The van der Waals surface area contributed by atoms with Crippen LogP contribution < -0.4 is 10.1 Å². The second kappa shape index (κ2) is 7.86. The van der Waals surface area contributed by atoms with Gasteiger partial charge < -0.3 is 19.7 Å². The van der Waals surface area contributed by atoms with Crippen molar-refractivity contribution in [2.75, 3.05) is 25.6 Å². The third kappa shape index (κ3) is 4.12. The Morgan fingerprint density at radius 2 is 2.32 bits per heavy atom. The molecule has 132 valence electrons. The molecule has 0 aliphatic carbocycles. The van der Waals surface area contributed by atoms with E-state index in [2.05, 4.69) is 5.32 Å². The highest BCUT2D eigenvalue weighted by molar-refractivity contribution is 7.09. The van der Waals surface area contributed by atoms with Gasteiger partial charge in [0.2, 0.25) is 11.8 Å². The van der Waals surface area contributed by atoms with Gasteiger partial charge in [-0.1, -0.05) is 17.7 Å². The molecular formula is C17H17ClN2O4S. The Bertz CT molecular complexity index is 766. The van der Waals surface area contributed by atoms with Gasteiger partial charge >= 0.3 is 0 Å². The third-order valence-electron chi connectivity index (χ3n) is 3.83. The second-order valence-electron chi connectivity index (χ2n) is 5.47. The molecule has 1 aliphatic heterocycles. The fraction of sp³-hybridized carbons (Fsp3) is 0.294. The smallest absolute Gasteiger partial charge is 0.249 e. The van der Waals surface area contributed by atoms with Crippen LogP contribution >= 0.6 is 22.9 Å². The zero-order chi connectivity index (χ0) is 17.8. The molecule has 3 rings (SSSR count). The minimum absolute atomic E-state index is 0.0104. The van der Waals surface area contributed by atoms with E-state index in [1.165, 1.54) is 7.11 Å². The molecule has 2 aromatic rings. The zero-order valence-electron chi connectivity index (χ0n) is 13.5. The molecule has 0 radical (unpaired) electrons. The molecule has 2 amide bonds. The van der Waals surface area contributed by atoms with Crippen LogP contribution in [0.5, 0.6) is 5.75 Å². The average Bonchev–Trinajstić information content (AvgIpc) is 3.10. The van der Waals surface area contributed by atoms with Crippen molar-refractivity contribution in [1.82, 2.24) is 4.90 Å². The minimum Gasteiger partial charge on any atom is -0.495 e. The van der Waals surface area contributed by atoms with Gasteiger partial charge in [0, 0.05) is 10.6 Å². The SMILES string of the molecule is COc1ccc(NC(=O)C2COCC(=O)N2Cc2cccs2)cc1Cl. The number of hydrogen-bond donors (Lipinski definition) is 1. The molecule has 6 nitrogen and oxygen atoms in total. The van der Waals surface area contributed by atoms with Gasteiger partial charge in [0.05, 0.1) is 25.3 Å². The van der Waals surface area contributed by atoms with Crippen molar-refractivity contribution < 1.29 is 19.1 Å². The van der Waals surface area contributed by atoms with Gasteiger partial charge in [0.15, 0.2) is 0 Å². The van der Waals surface area contributed by atoms with Crippen molar-refractivity contribution in [3.05, 3.63) is 45.6 Å². The van der Waals surface area contributed by atoms with Crippen molar-refractivity contribution in [2.45, 2.75) is 12.6 Å². The Labute approximate surface area is 154 Å². The first-order chi connectivity index (χ1) is 12.1. The number of morpholine rings is 1. The van der Waals surface area contributed by atoms with Crippen molar-refractivity contribution in [3.8, 4) is 5.75 Å². The van der Waals surface area contributed by atoms with Gasteiger partial charge in [0.25, 0.3) is 0 Å². The fourth-order valence-corrected chi connectivity index (χ4v) is 3.52. The molecule has 25 heavy (non-hydrogen) atoms. The molecule has 0 spiro atoms. The summed E-state index contributed by atoms with van der Waals surface area (Å²) in [5, 5.41) is 5.12. The summed E-state index contributed by atoms with van der Waals surface area (Å²) in [6.45, 7) is 0.539. The maximum Gasteiger partial charge on any atom is 0.249 e. The summed E-state index contributed by atoms with van der Waals surface area (Å²) in [4.78, 5) is 27.4. The fourth-order valence-electron chi connectivity index (χ4n) is 2.56. The second-order valence-corrected chi connectivity index (χ2v) is 6.91. The number of rotatable bonds is 5. The first kappa shape index (κ1) is 17.7. The number of nitrogens with one attached hydrogen (secondary N) is 1. The van der Waals surface area contributed by atoms with E-state index in [9.17, 15) is 9.59 Å². The van der Waals surface area contributed by atoms with Crippen molar-refractivity contribution in [3.63, 3.8) is 0 Å². The number of nitrogens with zero attached hydrogens (tertiary/aromatic N) is 1. The van der Waals surface area contributed by atoms with Crippen molar-refractivity contribution >= 4 is 40.4 Å². The van der Waals surface area contributed by atoms with E-state index in [4.69, 9.17) is 21.1 Å². The normalized spacial score (nSPS) is 17.4. The molecule has 1 aliphatic rings. The Morgan fingerprint density at radius 3 is 3.00 bits per heavy atom. The van der Waals surface area contributed by atoms with Crippen LogP contribution in [0.1, 0.15) is 4.88 Å². The standard InChI is InChI=1S/C17H17ClN2O4S/c1-23-15-5-4-11(7-13(15)18)19-17(22)14-9-24-10-16(21)20(14)8-12-3-2-6-25-12/h2-7,14H,8-10H2,1H3,(H,19,22). The Kier molecular flexibility index (Phi) is 5.57. The van der Waals surface area contributed by atoms with Gasteiger partial charge in [-0.3, -0.25) is 9.59 Å². The summed E-state index contributed by atoms with van der Waals surface area (Å²) in [6.07, 6.45) is 0. The van der Waals surface area contributed by atoms with E-state index in [0.29, 0.717) is 23.0 Å². The van der Waals surface area contributed by atoms with Gasteiger partial charge in [-0.05, 0) is 29.6 Å². The lowest BCUT2D eigenvalue weighted by Gasteiger charge is -2.34. The van der Waals surface area contributed by atoms with E-state index in [0.717, 1.165) is 4.88 Å². The van der Waals surface area contributed by atoms with Crippen LogP contribution in [0.3, 0.4) is 0 Å². The van der Waals surface area contributed by atoms with Crippen LogP contribution in [0, 0.1) is 0 Å². The predicted octanol–water partition coefficient (Wildman–Crippen LogP) is 2.78. The van der Waals surface area contributed by atoms with Crippen LogP contribution in [-0.4, -0.2) is 43.1 Å². The minimum atomic E-state index is -0.691. The quantitative estimate of drug-likeness (QED) is 0.866. The Balaban J connectivity index is 1.74. The number of carbonyl (C=O) groups excluding carboxylic acids is 2. The van der Waals surface area contributed by atoms with Gasteiger partial charge in [-0.2, -0.15) is 0 Å². The Morgan fingerprint density at radius 1 is 1.48 bits per heavy atom. The first-order valence-corrected chi connectivity index (χ1v) is 8.88. The Hall–Kier alpha value is -2.09. The highest BCUT2D eigenvalue weighted by atomic mass is 35.5. The molecule has 0 bridgehead atoms. The van der Waals surface area contributed by atoms with E-state index >= 15 is 0 Å². The molecular weight excluding hydrogens is 364 g/mol. The summed E-state index contributed by atoms with van der Waals surface area (Å²) in [5.41, 5.74) is 0.532. The largest absolute Gasteiger partial charge is 0.495 e. The lowest BCUT2D eigenvalue weighted by molar-refractivity contribution is -0.153. The molecule has 8 heteroatoms. The monoisotopic (exact) mass is 380 g/mol. The third-order valence-corrected chi connectivity index (χ3v) is 4.98. The molecule has 2 heterocycles. The predicted molar refractivity (Wildman–Crippen MR) is 96.1 cm³/mol. The van der Waals surface area contributed by atoms with Crippen LogP contribution in [0.4, 0.5) is 5.69 Å². The number of carbonyl (C=O) groups is 2. The number of hydrogen-bond acceptors (Lipinski definition) is 5. The topological polar surface area (TPSA) is 67.9 Å². The highest BCUT2D eigenvalue weighted by Crippen LogP contribution is 2.27. The molecule has 1 atom stereocenters. The molecule has 1 N–H and O–H groups in total. The lowest BCUT2D eigenvalue weighted by Crippen LogP contribution is -2.54. The summed E-state index contributed by atoms with van der Waals surface area (Å²) >= 11 is 7.63. The number of amides is 2. The zero-order valence-corrected chi connectivity index (χ0v) is 15.1. The number of anilines is 1. The molecule has 0 saturated carbocycles.